The van der Waals surface area contributed by atoms with Crippen LogP contribution in [-0.2, 0) is 4.79 Å². The molecule has 1 aromatic rings. The molecule has 0 aliphatic heterocycles. The lowest BCUT2D eigenvalue weighted by atomic mass is 9.87. The fourth-order valence-corrected chi connectivity index (χ4v) is 1.84. The summed E-state index contributed by atoms with van der Waals surface area (Å²) in [6, 6.07) is 4.80. The molecule has 0 spiro atoms. The van der Waals surface area contributed by atoms with E-state index in [1.807, 2.05) is 26.8 Å². The number of hydrogen-bond acceptors (Lipinski definition) is 3. The molecule has 5 heteroatoms. The van der Waals surface area contributed by atoms with Crippen LogP contribution >= 0.6 is 15.9 Å². The lowest BCUT2D eigenvalue weighted by molar-refractivity contribution is -0.119. The highest BCUT2D eigenvalue weighted by atomic mass is 79.9. The Kier molecular flexibility index (Phi) is 4.76. The molecule has 0 bridgehead atoms. The lowest BCUT2D eigenvalue weighted by Crippen LogP contribution is -2.45. The summed E-state index contributed by atoms with van der Waals surface area (Å²) < 4.78 is 5.97. The van der Waals surface area contributed by atoms with Crippen molar-refractivity contribution in [3.8, 4) is 5.75 Å². The normalized spacial score (nSPS) is 13.0. The van der Waals surface area contributed by atoms with Crippen molar-refractivity contribution in [1.82, 2.24) is 0 Å². The molecule has 0 aliphatic rings. The molecular formula is C13H19BrN2O2. The van der Waals surface area contributed by atoms with Crippen molar-refractivity contribution in [3.05, 3.63) is 22.7 Å². The highest BCUT2D eigenvalue weighted by molar-refractivity contribution is 9.10. The van der Waals surface area contributed by atoms with Crippen LogP contribution in [0, 0.1) is 5.41 Å². The standard InChI is InChI=1S/C13H19BrN2O2/c1-13(2,3)11(15)12(17)16-9-5-8(14)6-10(7-9)18-4/h5-7,11H,15H2,1-4H3,(H,16,17)/t11-/m0/s1. The smallest absolute Gasteiger partial charge is 0.241 e. The molecule has 0 heterocycles. The third kappa shape index (κ3) is 3.99. The summed E-state index contributed by atoms with van der Waals surface area (Å²) in [6.07, 6.45) is 0. The molecule has 0 aromatic heterocycles. The predicted molar refractivity (Wildman–Crippen MR) is 76.8 cm³/mol. The van der Waals surface area contributed by atoms with Gasteiger partial charge in [-0.05, 0) is 17.5 Å². The van der Waals surface area contributed by atoms with Crippen molar-refractivity contribution in [2.24, 2.45) is 11.1 Å². The van der Waals surface area contributed by atoms with E-state index in [1.54, 1.807) is 19.2 Å². The fraction of sp³-hybridized carbons (Fsp3) is 0.462. The zero-order valence-corrected chi connectivity index (χ0v) is 12.7. The molecule has 0 aliphatic carbocycles. The van der Waals surface area contributed by atoms with E-state index >= 15 is 0 Å². The maximum atomic E-state index is 12.0. The molecule has 0 saturated carbocycles. The summed E-state index contributed by atoms with van der Waals surface area (Å²) >= 11 is 3.36. The van der Waals surface area contributed by atoms with Crippen molar-refractivity contribution in [2.45, 2.75) is 26.8 Å². The van der Waals surface area contributed by atoms with Gasteiger partial charge < -0.3 is 15.8 Å². The highest BCUT2D eigenvalue weighted by Gasteiger charge is 2.27. The first-order valence-electron chi connectivity index (χ1n) is 5.65. The average molecular weight is 315 g/mol. The third-order valence-corrected chi connectivity index (χ3v) is 3.05. The number of ether oxygens (including phenoxy) is 1. The number of hydrogen-bond donors (Lipinski definition) is 2. The highest BCUT2D eigenvalue weighted by Crippen LogP contribution is 2.25. The van der Waals surface area contributed by atoms with Gasteiger partial charge in [0.05, 0.1) is 13.2 Å². The largest absolute Gasteiger partial charge is 0.497 e. The minimum absolute atomic E-state index is 0.206. The molecule has 3 N–H and O–H groups in total. The van der Waals surface area contributed by atoms with E-state index in [9.17, 15) is 4.79 Å². The molecule has 0 radical (unpaired) electrons. The second-order valence-corrected chi connectivity index (χ2v) is 6.13. The second-order valence-electron chi connectivity index (χ2n) is 5.21. The number of halogens is 1. The molecule has 1 rings (SSSR count). The second kappa shape index (κ2) is 5.71. The zero-order chi connectivity index (χ0) is 13.9. The minimum Gasteiger partial charge on any atom is -0.497 e. The van der Waals surface area contributed by atoms with Crippen LogP contribution in [0.25, 0.3) is 0 Å². The Morgan fingerprint density at radius 2 is 2.00 bits per heavy atom. The van der Waals surface area contributed by atoms with Crippen LogP contribution in [0.15, 0.2) is 22.7 Å². The van der Waals surface area contributed by atoms with E-state index in [1.165, 1.54) is 0 Å². The van der Waals surface area contributed by atoms with Crippen LogP contribution in [0.5, 0.6) is 5.75 Å². The van der Waals surface area contributed by atoms with E-state index in [0.29, 0.717) is 11.4 Å². The number of benzene rings is 1. The zero-order valence-electron chi connectivity index (χ0n) is 11.1. The van der Waals surface area contributed by atoms with E-state index in [0.717, 1.165) is 4.47 Å². The molecule has 1 amide bonds. The monoisotopic (exact) mass is 314 g/mol. The lowest BCUT2D eigenvalue weighted by Gasteiger charge is -2.25. The number of nitrogens with two attached hydrogens (primary N) is 1. The van der Waals surface area contributed by atoms with E-state index in [4.69, 9.17) is 10.5 Å². The molecular weight excluding hydrogens is 296 g/mol. The van der Waals surface area contributed by atoms with Crippen LogP contribution < -0.4 is 15.8 Å². The maximum absolute atomic E-state index is 12.0. The molecule has 1 aromatic carbocycles. The maximum Gasteiger partial charge on any atom is 0.241 e. The molecule has 0 fully saturated rings. The van der Waals surface area contributed by atoms with Crippen molar-refractivity contribution in [1.29, 1.82) is 0 Å². The number of methoxy groups -OCH3 is 1. The first kappa shape index (κ1) is 15.0. The quantitative estimate of drug-likeness (QED) is 0.901. The van der Waals surface area contributed by atoms with Gasteiger partial charge in [-0.2, -0.15) is 0 Å². The van der Waals surface area contributed by atoms with E-state index in [-0.39, 0.29) is 11.3 Å². The summed E-state index contributed by atoms with van der Waals surface area (Å²) in [5.74, 6) is 0.464. The van der Waals surface area contributed by atoms with Crippen LogP contribution in [0.4, 0.5) is 5.69 Å². The van der Waals surface area contributed by atoms with E-state index in [2.05, 4.69) is 21.2 Å². The van der Waals surface area contributed by atoms with Crippen LogP contribution in [0.2, 0.25) is 0 Å². The number of anilines is 1. The Morgan fingerprint density at radius 3 is 2.50 bits per heavy atom. The molecule has 0 unspecified atom stereocenters. The fourth-order valence-electron chi connectivity index (χ4n) is 1.37. The van der Waals surface area contributed by atoms with Crippen molar-refractivity contribution in [2.75, 3.05) is 12.4 Å². The van der Waals surface area contributed by atoms with Crippen molar-refractivity contribution < 1.29 is 9.53 Å². The van der Waals surface area contributed by atoms with Gasteiger partial charge in [0, 0.05) is 16.2 Å². The first-order valence-corrected chi connectivity index (χ1v) is 6.44. The topological polar surface area (TPSA) is 64.3 Å². The van der Waals surface area contributed by atoms with E-state index < -0.39 is 6.04 Å². The average Bonchev–Trinajstić information content (AvgIpc) is 2.25. The Bertz CT molecular complexity index is 441. The Balaban J connectivity index is 2.85. The third-order valence-electron chi connectivity index (χ3n) is 2.59. The molecule has 18 heavy (non-hydrogen) atoms. The van der Waals surface area contributed by atoms with Crippen molar-refractivity contribution >= 4 is 27.5 Å². The summed E-state index contributed by atoms with van der Waals surface area (Å²) in [5.41, 5.74) is 6.28. The summed E-state index contributed by atoms with van der Waals surface area (Å²) in [5, 5.41) is 2.79. The van der Waals surface area contributed by atoms with Gasteiger partial charge >= 0.3 is 0 Å². The van der Waals surface area contributed by atoms with Gasteiger partial charge in [0.1, 0.15) is 5.75 Å². The molecule has 4 nitrogen and oxygen atoms in total. The minimum atomic E-state index is -0.567. The summed E-state index contributed by atoms with van der Waals surface area (Å²) in [6.45, 7) is 5.79. The number of nitrogens with one attached hydrogen (secondary N) is 1. The Labute approximate surface area is 116 Å². The summed E-state index contributed by atoms with van der Waals surface area (Å²) in [7, 11) is 1.58. The molecule has 0 saturated heterocycles. The number of amides is 1. The number of rotatable bonds is 3. The molecule has 100 valence electrons. The summed E-state index contributed by atoms with van der Waals surface area (Å²) in [4.78, 5) is 12.0. The van der Waals surface area contributed by atoms with Crippen LogP contribution in [0.1, 0.15) is 20.8 Å². The predicted octanol–water partition coefficient (Wildman–Crippen LogP) is 2.77. The van der Waals surface area contributed by atoms with Gasteiger partial charge in [-0.3, -0.25) is 4.79 Å². The Hall–Kier alpha value is -1.07. The van der Waals surface area contributed by atoms with Crippen LogP contribution in [-0.4, -0.2) is 19.1 Å². The Morgan fingerprint density at radius 1 is 1.39 bits per heavy atom. The van der Waals surface area contributed by atoms with Gasteiger partial charge in [-0.25, -0.2) is 0 Å². The van der Waals surface area contributed by atoms with Gasteiger partial charge in [-0.1, -0.05) is 36.7 Å². The van der Waals surface area contributed by atoms with Gasteiger partial charge in [-0.15, -0.1) is 0 Å². The number of carbonyl (C=O) groups is 1. The SMILES string of the molecule is COc1cc(Br)cc(NC(=O)[C@H](N)C(C)(C)C)c1. The molecule has 1 atom stereocenters. The van der Waals surface area contributed by atoms with Crippen molar-refractivity contribution in [3.63, 3.8) is 0 Å². The van der Waals surface area contributed by atoms with Gasteiger partial charge in [0.15, 0.2) is 0 Å². The number of carbonyl (C=O) groups excluding carboxylic acids is 1. The van der Waals surface area contributed by atoms with Gasteiger partial charge in [0.2, 0.25) is 5.91 Å². The van der Waals surface area contributed by atoms with Crippen LogP contribution in [0.3, 0.4) is 0 Å². The van der Waals surface area contributed by atoms with Gasteiger partial charge in [0.25, 0.3) is 0 Å². The first-order chi connectivity index (χ1) is 8.24.